The van der Waals surface area contributed by atoms with Gasteiger partial charge < -0.3 is 9.84 Å². The molecule has 0 bridgehead atoms. The lowest BCUT2D eigenvalue weighted by atomic mass is 10.0. The summed E-state index contributed by atoms with van der Waals surface area (Å²) in [5, 5.41) is 13.9. The monoisotopic (exact) mass is 507 g/mol. The second kappa shape index (κ2) is 8.99. The molecular formula is C34H25N3O2. The van der Waals surface area contributed by atoms with Gasteiger partial charge in [0.25, 0.3) is 0 Å². The Kier molecular flexibility index (Phi) is 5.30. The molecule has 0 unspecified atom stereocenters. The number of phenols is 1. The first-order chi connectivity index (χ1) is 19.1. The number of aromatic hydroxyl groups is 1. The largest absolute Gasteiger partial charge is 0.506 e. The lowest BCUT2D eigenvalue weighted by molar-refractivity contribution is 0.460. The van der Waals surface area contributed by atoms with E-state index in [-0.39, 0.29) is 5.75 Å². The Bertz CT molecular complexity index is 2010. The van der Waals surface area contributed by atoms with Crippen LogP contribution >= 0.6 is 0 Å². The Balaban J connectivity index is 1.36. The van der Waals surface area contributed by atoms with E-state index in [0.717, 1.165) is 49.9 Å². The number of para-hydroxylation sites is 1. The highest BCUT2D eigenvalue weighted by molar-refractivity contribution is 6.11. The van der Waals surface area contributed by atoms with Gasteiger partial charge in [0.05, 0.1) is 11.0 Å². The van der Waals surface area contributed by atoms with Gasteiger partial charge in [0.15, 0.2) is 0 Å². The highest BCUT2D eigenvalue weighted by Crippen LogP contribution is 2.38. The first-order valence-electron chi connectivity index (χ1n) is 12.9. The minimum Gasteiger partial charge on any atom is -0.506 e. The molecule has 7 rings (SSSR count). The average Bonchev–Trinajstić information content (AvgIpc) is 3.29. The van der Waals surface area contributed by atoms with Crippen molar-refractivity contribution < 1.29 is 9.84 Å². The molecule has 4 aromatic carbocycles. The maximum atomic E-state index is 10.7. The summed E-state index contributed by atoms with van der Waals surface area (Å²) in [6.07, 6.45) is 1.89. The molecule has 0 fully saturated rings. The van der Waals surface area contributed by atoms with Gasteiger partial charge in [-0.05, 0) is 72.5 Å². The number of pyridine rings is 2. The second-order valence-corrected chi connectivity index (χ2v) is 9.83. The van der Waals surface area contributed by atoms with Crippen LogP contribution < -0.4 is 4.74 Å². The molecule has 39 heavy (non-hydrogen) atoms. The SMILES string of the molecule is Cc1ccc(-n2c3ccccc3c3c(C)cc(Oc4ccc5c(-c6ccccc6)ccc(O)c5n4)cc32)nc1. The van der Waals surface area contributed by atoms with Crippen LogP contribution in [0.25, 0.3) is 49.7 Å². The van der Waals surface area contributed by atoms with Gasteiger partial charge in [-0.25, -0.2) is 9.97 Å². The highest BCUT2D eigenvalue weighted by Gasteiger charge is 2.17. The highest BCUT2D eigenvalue weighted by atomic mass is 16.5. The van der Waals surface area contributed by atoms with Crippen LogP contribution in [0.5, 0.6) is 17.4 Å². The van der Waals surface area contributed by atoms with Crippen LogP contribution in [0.1, 0.15) is 11.1 Å². The Labute approximate surface area is 225 Å². The third-order valence-electron chi connectivity index (χ3n) is 7.19. The normalized spacial score (nSPS) is 11.4. The molecule has 5 heteroatoms. The number of nitrogens with zero attached hydrogens (tertiary/aromatic N) is 3. The van der Waals surface area contributed by atoms with Gasteiger partial charge in [-0.3, -0.25) is 4.57 Å². The van der Waals surface area contributed by atoms with Crippen LogP contribution in [-0.4, -0.2) is 19.6 Å². The van der Waals surface area contributed by atoms with E-state index in [1.807, 2.05) is 73.8 Å². The van der Waals surface area contributed by atoms with E-state index < -0.39 is 0 Å². The van der Waals surface area contributed by atoms with Gasteiger partial charge in [-0.2, -0.15) is 0 Å². The third-order valence-corrected chi connectivity index (χ3v) is 7.19. The molecule has 7 aromatic rings. The number of fused-ring (bicyclic) bond motifs is 4. The predicted molar refractivity (Wildman–Crippen MR) is 157 cm³/mol. The van der Waals surface area contributed by atoms with Crippen LogP contribution in [0.3, 0.4) is 0 Å². The number of rotatable bonds is 4. The van der Waals surface area contributed by atoms with Gasteiger partial charge in [-0.1, -0.05) is 54.6 Å². The van der Waals surface area contributed by atoms with Crippen molar-refractivity contribution >= 4 is 32.7 Å². The quantitative estimate of drug-likeness (QED) is 0.259. The fourth-order valence-electron chi connectivity index (χ4n) is 5.40. The molecule has 1 N–H and O–H groups in total. The van der Waals surface area contributed by atoms with Crippen molar-refractivity contribution in [1.29, 1.82) is 0 Å². The summed E-state index contributed by atoms with van der Waals surface area (Å²) in [6, 6.07) is 34.1. The molecule has 3 heterocycles. The molecule has 0 atom stereocenters. The van der Waals surface area contributed by atoms with E-state index in [4.69, 9.17) is 14.7 Å². The van der Waals surface area contributed by atoms with Crippen molar-refractivity contribution in [1.82, 2.24) is 14.5 Å². The molecule has 0 spiro atoms. The minimum atomic E-state index is 0.118. The fourth-order valence-corrected chi connectivity index (χ4v) is 5.40. The predicted octanol–water partition coefficient (Wildman–Crippen LogP) is 8.51. The van der Waals surface area contributed by atoms with E-state index in [2.05, 4.69) is 47.9 Å². The summed E-state index contributed by atoms with van der Waals surface area (Å²) in [5.74, 6) is 2.05. The Morgan fingerprint density at radius 2 is 1.56 bits per heavy atom. The summed E-state index contributed by atoms with van der Waals surface area (Å²) in [6.45, 7) is 4.14. The van der Waals surface area contributed by atoms with E-state index in [0.29, 0.717) is 17.1 Å². The van der Waals surface area contributed by atoms with Crippen molar-refractivity contribution in [2.75, 3.05) is 0 Å². The first kappa shape index (κ1) is 23.0. The number of hydrogen-bond acceptors (Lipinski definition) is 4. The van der Waals surface area contributed by atoms with Crippen molar-refractivity contribution in [2.24, 2.45) is 0 Å². The average molecular weight is 508 g/mol. The molecule has 0 aliphatic carbocycles. The van der Waals surface area contributed by atoms with E-state index in [1.165, 1.54) is 5.39 Å². The number of aromatic nitrogens is 3. The Morgan fingerprint density at radius 1 is 0.744 bits per heavy atom. The van der Waals surface area contributed by atoms with Crippen LogP contribution in [0.2, 0.25) is 0 Å². The molecule has 0 amide bonds. The number of phenolic OH excluding ortho intramolecular Hbond substituents is 1. The summed E-state index contributed by atoms with van der Waals surface area (Å²) < 4.78 is 8.50. The number of benzene rings is 4. The van der Waals surface area contributed by atoms with Crippen LogP contribution in [-0.2, 0) is 0 Å². The van der Waals surface area contributed by atoms with Crippen LogP contribution in [0, 0.1) is 13.8 Å². The molecule has 3 aromatic heterocycles. The zero-order chi connectivity index (χ0) is 26.5. The molecule has 0 radical (unpaired) electrons. The summed E-state index contributed by atoms with van der Waals surface area (Å²) >= 11 is 0. The fraction of sp³-hybridized carbons (Fsp3) is 0.0588. The Hall–Kier alpha value is -5.16. The molecule has 0 saturated heterocycles. The lowest BCUT2D eigenvalue weighted by Crippen LogP contribution is -1.98. The van der Waals surface area contributed by atoms with E-state index in [9.17, 15) is 5.11 Å². The summed E-state index contributed by atoms with van der Waals surface area (Å²) in [4.78, 5) is 9.43. The number of aryl methyl sites for hydroxylation is 2. The molecular weight excluding hydrogens is 482 g/mol. The third kappa shape index (κ3) is 3.87. The first-order valence-corrected chi connectivity index (χ1v) is 12.9. The second-order valence-electron chi connectivity index (χ2n) is 9.83. The van der Waals surface area contributed by atoms with Crippen LogP contribution in [0.4, 0.5) is 0 Å². The van der Waals surface area contributed by atoms with E-state index in [1.54, 1.807) is 6.07 Å². The zero-order valence-electron chi connectivity index (χ0n) is 21.6. The minimum absolute atomic E-state index is 0.118. The number of hydrogen-bond donors (Lipinski definition) is 1. The molecule has 0 aliphatic heterocycles. The summed E-state index contributed by atoms with van der Waals surface area (Å²) in [7, 11) is 0. The van der Waals surface area contributed by atoms with Crippen molar-refractivity contribution in [3.63, 3.8) is 0 Å². The lowest BCUT2D eigenvalue weighted by Gasteiger charge is -2.12. The summed E-state index contributed by atoms with van der Waals surface area (Å²) in [5.41, 5.74) is 6.89. The molecule has 0 aliphatic rings. The zero-order valence-corrected chi connectivity index (χ0v) is 21.6. The van der Waals surface area contributed by atoms with Crippen molar-refractivity contribution in [3.8, 4) is 34.3 Å². The molecule has 0 saturated carbocycles. The van der Waals surface area contributed by atoms with Crippen molar-refractivity contribution in [2.45, 2.75) is 13.8 Å². The topological polar surface area (TPSA) is 60.2 Å². The van der Waals surface area contributed by atoms with Gasteiger partial charge in [-0.15, -0.1) is 0 Å². The number of ether oxygens (including phenoxy) is 1. The van der Waals surface area contributed by atoms with Crippen molar-refractivity contribution in [3.05, 3.63) is 120 Å². The Morgan fingerprint density at radius 3 is 2.38 bits per heavy atom. The molecule has 188 valence electrons. The standard InChI is InChI=1S/C34H25N3O2/c1-21-12-16-31(35-20-21)37-28-11-7-6-10-27(28)33-22(2)18-24(19-29(33)37)39-32-17-14-26-25(23-8-4-3-5-9-23)13-15-30(38)34(26)36-32/h3-20,38H,1-2H3. The van der Waals surface area contributed by atoms with Gasteiger partial charge in [0, 0.05) is 34.5 Å². The smallest absolute Gasteiger partial charge is 0.219 e. The maximum Gasteiger partial charge on any atom is 0.219 e. The van der Waals surface area contributed by atoms with Gasteiger partial charge >= 0.3 is 0 Å². The van der Waals surface area contributed by atoms with Crippen LogP contribution in [0.15, 0.2) is 109 Å². The molecule has 5 nitrogen and oxygen atoms in total. The maximum absolute atomic E-state index is 10.7. The van der Waals surface area contributed by atoms with E-state index >= 15 is 0 Å². The van der Waals surface area contributed by atoms with Gasteiger partial charge in [0.1, 0.15) is 22.8 Å². The van der Waals surface area contributed by atoms with Gasteiger partial charge in [0.2, 0.25) is 5.88 Å².